The molecule has 3 rings (SSSR count). The third kappa shape index (κ3) is 4.49. The van der Waals surface area contributed by atoms with E-state index in [0.717, 1.165) is 5.56 Å². The average Bonchev–Trinajstić information content (AvgIpc) is 2.67. The topological polar surface area (TPSA) is 85.9 Å². The zero-order valence-electron chi connectivity index (χ0n) is 15.5. The van der Waals surface area contributed by atoms with Crippen LogP contribution in [0.1, 0.15) is 18.9 Å². The molecular weight excluding hydrogens is 348 g/mol. The van der Waals surface area contributed by atoms with E-state index in [1.165, 1.54) is 0 Å². The Kier molecular flexibility index (Phi) is 5.49. The first kappa shape index (κ1) is 18.6. The maximum Gasteiger partial charge on any atom is 0.265 e. The lowest BCUT2D eigenvalue weighted by atomic mass is 10.1. The summed E-state index contributed by atoms with van der Waals surface area (Å²) in [6, 6.07) is 10.7. The fraction of sp³-hybridized carbons (Fsp3) is 0.300. The molecule has 2 N–H and O–H groups in total. The monoisotopic (exact) mass is 370 g/mol. The molecule has 0 saturated carbocycles. The molecule has 2 aromatic rings. The van der Waals surface area contributed by atoms with E-state index in [-0.39, 0.29) is 11.8 Å². The van der Waals surface area contributed by atoms with Crippen molar-refractivity contribution in [3.63, 3.8) is 0 Å². The lowest BCUT2D eigenvalue weighted by molar-refractivity contribution is -0.122. The lowest BCUT2D eigenvalue weighted by Crippen LogP contribution is -2.34. The molecule has 1 heterocycles. The van der Waals surface area contributed by atoms with E-state index in [1.54, 1.807) is 45.4 Å². The van der Waals surface area contributed by atoms with E-state index in [1.807, 2.05) is 12.1 Å². The molecule has 142 valence electrons. The summed E-state index contributed by atoms with van der Waals surface area (Å²) in [6.45, 7) is 1.68. The van der Waals surface area contributed by atoms with Crippen molar-refractivity contribution in [2.24, 2.45) is 0 Å². The molecule has 27 heavy (non-hydrogen) atoms. The Hall–Kier alpha value is -3.22. The van der Waals surface area contributed by atoms with Crippen LogP contribution < -0.4 is 24.8 Å². The van der Waals surface area contributed by atoms with Gasteiger partial charge in [-0.25, -0.2) is 0 Å². The maximum absolute atomic E-state index is 12.3. The number of amides is 2. The number of nitrogens with one attached hydrogen (secondary N) is 2. The van der Waals surface area contributed by atoms with Crippen LogP contribution in [0.25, 0.3) is 0 Å². The summed E-state index contributed by atoms with van der Waals surface area (Å²) in [5.41, 5.74) is 2.09. The van der Waals surface area contributed by atoms with Crippen LogP contribution in [0.2, 0.25) is 0 Å². The average molecular weight is 370 g/mol. The molecule has 2 amide bonds. The number of methoxy groups -OCH3 is 2. The predicted octanol–water partition coefficient (Wildman–Crippen LogP) is 2.99. The van der Waals surface area contributed by atoms with Gasteiger partial charge in [-0.15, -0.1) is 0 Å². The fourth-order valence-electron chi connectivity index (χ4n) is 2.78. The number of aryl methyl sites for hydroxylation is 1. The summed E-state index contributed by atoms with van der Waals surface area (Å²) in [7, 11) is 3.18. The smallest absolute Gasteiger partial charge is 0.265 e. The van der Waals surface area contributed by atoms with E-state index < -0.39 is 6.10 Å². The Bertz CT molecular complexity index is 843. The normalized spacial score (nSPS) is 15.2. The van der Waals surface area contributed by atoms with Crippen LogP contribution in [0.3, 0.4) is 0 Å². The number of benzene rings is 2. The molecule has 1 atom stereocenters. The van der Waals surface area contributed by atoms with Crippen molar-refractivity contribution in [1.82, 2.24) is 0 Å². The first-order valence-corrected chi connectivity index (χ1v) is 8.62. The molecular formula is C20H22N2O5. The highest BCUT2D eigenvalue weighted by molar-refractivity contribution is 5.99. The largest absolute Gasteiger partial charge is 0.497 e. The summed E-state index contributed by atoms with van der Waals surface area (Å²) in [6.07, 6.45) is 0.312. The highest BCUT2D eigenvalue weighted by Gasteiger charge is 2.23. The van der Waals surface area contributed by atoms with Gasteiger partial charge in [-0.1, -0.05) is 0 Å². The molecule has 0 aliphatic carbocycles. The van der Waals surface area contributed by atoms with Gasteiger partial charge in [-0.05, 0) is 49.2 Å². The van der Waals surface area contributed by atoms with Gasteiger partial charge in [0.05, 0.1) is 19.9 Å². The van der Waals surface area contributed by atoms with Crippen molar-refractivity contribution in [2.75, 3.05) is 24.9 Å². The second-order valence-electron chi connectivity index (χ2n) is 6.23. The molecule has 0 fully saturated rings. The van der Waals surface area contributed by atoms with Crippen molar-refractivity contribution in [1.29, 1.82) is 0 Å². The van der Waals surface area contributed by atoms with Crippen LogP contribution in [0.5, 0.6) is 17.2 Å². The molecule has 1 aliphatic heterocycles. The highest BCUT2D eigenvalue weighted by atomic mass is 16.5. The predicted molar refractivity (Wildman–Crippen MR) is 102 cm³/mol. The van der Waals surface area contributed by atoms with Crippen LogP contribution >= 0.6 is 0 Å². The van der Waals surface area contributed by atoms with Gasteiger partial charge >= 0.3 is 0 Å². The van der Waals surface area contributed by atoms with Crippen molar-refractivity contribution < 1.29 is 23.8 Å². The maximum atomic E-state index is 12.3. The minimum atomic E-state index is -0.530. The quantitative estimate of drug-likeness (QED) is 0.816. The molecule has 0 bridgehead atoms. The summed E-state index contributed by atoms with van der Waals surface area (Å²) < 4.78 is 16.0. The molecule has 0 radical (unpaired) electrons. The van der Waals surface area contributed by atoms with Crippen LogP contribution in [-0.4, -0.2) is 32.1 Å². The SMILES string of the molecule is COc1cc(CCC(=O)Nc2ccc3c(c2)NC(=O)[C@H](C)O3)cc(OC)c1. The Balaban J connectivity index is 1.62. The molecule has 0 spiro atoms. The molecule has 0 aromatic heterocycles. The number of hydrogen-bond acceptors (Lipinski definition) is 5. The van der Waals surface area contributed by atoms with Crippen LogP contribution in [0.15, 0.2) is 36.4 Å². The van der Waals surface area contributed by atoms with E-state index >= 15 is 0 Å². The number of carbonyl (C=O) groups excluding carboxylic acids is 2. The first-order chi connectivity index (χ1) is 13.0. The second-order valence-corrected chi connectivity index (χ2v) is 6.23. The molecule has 0 unspecified atom stereocenters. The molecule has 0 saturated heterocycles. The zero-order valence-corrected chi connectivity index (χ0v) is 15.5. The molecule has 2 aromatic carbocycles. The van der Waals surface area contributed by atoms with Gasteiger partial charge in [0.2, 0.25) is 5.91 Å². The Morgan fingerprint density at radius 2 is 1.85 bits per heavy atom. The number of rotatable bonds is 6. The third-order valence-corrected chi connectivity index (χ3v) is 4.25. The lowest BCUT2D eigenvalue weighted by Gasteiger charge is -2.23. The summed E-state index contributed by atoms with van der Waals surface area (Å²) >= 11 is 0. The molecule has 1 aliphatic rings. The van der Waals surface area contributed by atoms with Crippen molar-refractivity contribution >= 4 is 23.2 Å². The van der Waals surface area contributed by atoms with E-state index in [9.17, 15) is 9.59 Å². The number of anilines is 2. The van der Waals surface area contributed by atoms with Crippen molar-refractivity contribution in [3.05, 3.63) is 42.0 Å². The van der Waals surface area contributed by atoms with Crippen LogP contribution in [0, 0.1) is 0 Å². The Morgan fingerprint density at radius 3 is 2.52 bits per heavy atom. The molecule has 7 heteroatoms. The van der Waals surface area contributed by atoms with Gasteiger partial charge in [-0.3, -0.25) is 9.59 Å². The number of ether oxygens (including phenoxy) is 3. The van der Waals surface area contributed by atoms with Crippen molar-refractivity contribution in [3.8, 4) is 17.2 Å². The first-order valence-electron chi connectivity index (χ1n) is 8.62. The highest BCUT2D eigenvalue weighted by Crippen LogP contribution is 2.32. The minimum absolute atomic E-state index is 0.131. The second kappa shape index (κ2) is 7.99. The molecule has 7 nitrogen and oxygen atoms in total. The Labute approximate surface area is 157 Å². The summed E-state index contributed by atoms with van der Waals surface area (Å²) in [4.78, 5) is 24.0. The summed E-state index contributed by atoms with van der Waals surface area (Å²) in [5, 5.41) is 5.60. The van der Waals surface area contributed by atoms with Crippen LogP contribution in [0.4, 0.5) is 11.4 Å². The van der Waals surface area contributed by atoms with E-state index in [4.69, 9.17) is 14.2 Å². The van der Waals surface area contributed by atoms with Crippen molar-refractivity contribution in [2.45, 2.75) is 25.9 Å². The standard InChI is InChI=1S/C20H22N2O5/c1-12-20(24)22-17-10-14(5-6-18(17)27-12)21-19(23)7-4-13-8-15(25-2)11-16(9-13)26-3/h5-6,8-12H,4,7H2,1-3H3,(H,21,23)(H,22,24)/t12-/m0/s1. The fourth-order valence-corrected chi connectivity index (χ4v) is 2.78. The van der Waals surface area contributed by atoms with Gasteiger partial charge in [0.15, 0.2) is 6.10 Å². The number of fused-ring (bicyclic) bond motifs is 1. The van der Waals surface area contributed by atoms with Gasteiger partial charge in [0.1, 0.15) is 17.2 Å². The zero-order chi connectivity index (χ0) is 19.4. The minimum Gasteiger partial charge on any atom is -0.497 e. The van der Waals surface area contributed by atoms with Gasteiger partial charge in [0, 0.05) is 18.2 Å². The van der Waals surface area contributed by atoms with Gasteiger partial charge in [-0.2, -0.15) is 0 Å². The van der Waals surface area contributed by atoms with Gasteiger partial charge < -0.3 is 24.8 Å². The van der Waals surface area contributed by atoms with Gasteiger partial charge in [0.25, 0.3) is 5.91 Å². The van der Waals surface area contributed by atoms with E-state index in [2.05, 4.69) is 10.6 Å². The number of hydrogen-bond donors (Lipinski definition) is 2. The number of carbonyl (C=O) groups is 2. The Morgan fingerprint density at radius 1 is 1.15 bits per heavy atom. The van der Waals surface area contributed by atoms with E-state index in [0.29, 0.717) is 41.5 Å². The van der Waals surface area contributed by atoms with Crippen LogP contribution in [-0.2, 0) is 16.0 Å². The summed E-state index contributed by atoms with van der Waals surface area (Å²) in [5.74, 6) is 1.61. The third-order valence-electron chi connectivity index (χ3n) is 4.25.